The van der Waals surface area contributed by atoms with Crippen LogP contribution < -0.4 is 4.90 Å². The molecule has 2 fully saturated rings. The van der Waals surface area contributed by atoms with Crippen molar-refractivity contribution in [2.24, 2.45) is 0 Å². The van der Waals surface area contributed by atoms with Crippen LogP contribution in [-0.2, 0) is 9.53 Å². The highest BCUT2D eigenvalue weighted by Gasteiger charge is 2.33. The van der Waals surface area contributed by atoms with Gasteiger partial charge in [0, 0.05) is 45.3 Å². The Bertz CT molecular complexity index is 680. The summed E-state index contributed by atoms with van der Waals surface area (Å²) < 4.78 is 5.72. The Balaban J connectivity index is 1.60. The highest BCUT2D eigenvalue weighted by molar-refractivity contribution is 5.81. The van der Waals surface area contributed by atoms with E-state index in [1.54, 1.807) is 12.1 Å². The third-order valence-electron chi connectivity index (χ3n) is 5.37. The molecule has 0 bridgehead atoms. The van der Waals surface area contributed by atoms with Crippen LogP contribution in [0.1, 0.15) is 20.8 Å². The van der Waals surface area contributed by atoms with Crippen molar-refractivity contribution in [2.75, 3.05) is 44.2 Å². The molecular weight excluding hydrogens is 348 g/mol. The SMILES string of the molecule is CC1CN(C(=O)C(C)N2CCN(c3ccccc3[N+](=O)[O-])CC2)CC(C)O1. The molecule has 2 saturated heterocycles. The third kappa shape index (κ3) is 4.39. The van der Waals surface area contributed by atoms with Crippen molar-refractivity contribution < 1.29 is 14.5 Å². The zero-order valence-corrected chi connectivity index (χ0v) is 16.2. The molecule has 8 nitrogen and oxygen atoms in total. The molecule has 0 spiro atoms. The number of hydrogen-bond donors (Lipinski definition) is 0. The van der Waals surface area contributed by atoms with Gasteiger partial charge in [-0.3, -0.25) is 19.8 Å². The number of nitrogens with zero attached hydrogens (tertiary/aromatic N) is 4. The van der Waals surface area contributed by atoms with Crippen molar-refractivity contribution in [3.8, 4) is 0 Å². The van der Waals surface area contributed by atoms with Crippen molar-refractivity contribution >= 4 is 17.3 Å². The van der Waals surface area contributed by atoms with Gasteiger partial charge in [0.05, 0.1) is 23.2 Å². The summed E-state index contributed by atoms with van der Waals surface area (Å²) in [5.41, 5.74) is 0.781. The number of para-hydroxylation sites is 2. The number of carbonyl (C=O) groups excluding carboxylic acids is 1. The third-order valence-corrected chi connectivity index (χ3v) is 5.37. The van der Waals surface area contributed by atoms with Crippen molar-refractivity contribution in [1.82, 2.24) is 9.80 Å². The quantitative estimate of drug-likeness (QED) is 0.588. The Morgan fingerprint density at radius 3 is 2.33 bits per heavy atom. The van der Waals surface area contributed by atoms with Gasteiger partial charge in [0.1, 0.15) is 5.69 Å². The van der Waals surface area contributed by atoms with Gasteiger partial charge < -0.3 is 14.5 Å². The van der Waals surface area contributed by atoms with Crippen LogP contribution >= 0.6 is 0 Å². The number of ether oxygens (including phenoxy) is 1. The van der Waals surface area contributed by atoms with Crippen LogP contribution in [0, 0.1) is 10.1 Å². The number of benzene rings is 1. The Labute approximate surface area is 159 Å². The van der Waals surface area contributed by atoms with E-state index in [1.165, 1.54) is 6.07 Å². The summed E-state index contributed by atoms with van der Waals surface area (Å²) >= 11 is 0. The van der Waals surface area contributed by atoms with E-state index in [0.717, 1.165) is 0 Å². The van der Waals surface area contributed by atoms with E-state index < -0.39 is 0 Å². The minimum atomic E-state index is -0.339. The van der Waals surface area contributed by atoms with Crippen molar-refractivity contribution in [3.63, 3.8) is 0 Å². The predicted molar refractivity (Wildman–Crippen MR) is 103 cm³/mol. The number of nitro groups is 1. The molecule has 1 aromatic rings. The highest BCUT2D eigenvalue weighted by Crippen LogP contribution is 2.28. The molecular formula is C19H28N4O4. The first kappa shape index (κ1) is 19.6. The maximum Gasteiger partial charge on any atom is 0.292 e. The zero-order valence-electron chi connectivity index (χ0n) is 16.2. The van der Waals surface area contributed by atoms with Crippen molar-refractivity contribution in [1.29, 1.82) is 0 Å². The molecule has 0 aromatic heterocycles. The first-order valence-electron chi connectivity index (χ1n) is 9.53. The molecule has 3 atom stereocenters. The topological polar surface area (TPSA) is 79.2 Å². The smallest absolute Gasteiger partial charge is 0.292 e. The zero-order chi connectivity index (χ0) is 19.6. The maximum absolute atomic E-state index is 12.9. The van der Waals surface area contributed by atoms with Crippen molar-refractivity contribution in [3.05, 3.63) is 34.4 Å². The molecule has 0 aliphatic carbocycles. The van der Waals surface area contributed by atoms with Gasteiger partial charge in [-0.05, 0) is 26.8 Å². The van der Waals surface area contributed by atoms with Gasteiger partial charge in [-0.2, -0.15) is 0 Å². The van der Waals surface area contributed by atoms with Crippen molar-refractivity contribution in [2.45, 2.75) is 39.0 Å². The van der Waals surface area contributed by atoms with Gasteiger partial charge in [0.25, 0.3) is 5.69 Å². The van der Waals surface area contributed by atoms with Gasteiger partial charge in [-0.25, -0.2) is 0 Å². The summed E-state index contributed by atoms with van der Waals surface area (Å²) in [6, 6.07) is 6.63. The summed E-state index contributed by atoms with van der Waals surface area (Å²) in [6.07, 6.45) is 0.112. The second-order valence-electron chi connectivity index (χ2n) is 7.45. The van der Waals surface area contributed by atoms with Gasteiger partial charge in [-0.15, -0.1) is 0 Å². The Hall–Kier alpha value is -2.19. The number of amides is 1. The summed E-state index contributed by atoms with van der Waals surface area (Å²) in [4.78, 5) is 29.9. The van der Waals surface area contributed by atoms with E-state index in [9.17, 15) is 14.9 Å². The largest absolute Gasteiger partial charge is 0.372 e. The van der Waals surface area contributed by atoms with Gasteiger partial charge in [0.2, 0.25) is 5.91 Å². The van der Waals surface area contributed by atoms with Crippen LogP contribution in [0.3, 0.4) is 0 Å². The Morgan fingerprint density at radius 2 is 1.74 bits per heavy atom. The number of carbonyl (C=O) groups is 1. The molecule has 148 valence electrons. The molecule has 0 N–H and O–H groups in total. The average Bonchev–Trinajstić information content (AvgIpc) is 2.66. The number of morpholine rings is 1. The summed E-state index contributed by atoms with van der Waals surface area (Å²) in [5.74, 6) is 0.135. The fourth-order valence-electron chi connectivity index (χ4n) is 4.01. The molecule has 3 rings (SSSR count). The predicted octanol–water partition coefficient (Wildman–Crippen LogP) is 1.74. The van der Waals surface area contributed by atoms with E-state index in [2.05, 4.69) is 4.90 Å². The normalized spacial score (nSPS) is 25.3. The van der Waals surface area contributed by atoms with Crippen LogP contribution in [0.5, 0.6) is 0 Å². The number of anilines is 1. The standard InChI is InChI=1S/C19H28N4O4/c1-14-12-22(13-15(2)27-14)19(24)16(3)20-8-10-21(11-9-20)17-6-4-5-7-18(17)23(25)26/h4-7,14-16H,8-13H2,1-3H3. The second kappa shape index (κ2) is 8.22. The summed E-state index contributed by atoms with van der Waals surface area (Å²) in [7, 11) is 0. The lowest BCUT2D eigenvalue weighted by molar-refractivity contribution is -0.384. The van der Waals surface area contributed by atoms with Crippen LogP contribution in [-0.4, -0.2) is 78.1 Å². The second-order valence-corrected chi connectivity index (χ2v) is 7.45. The molecule has 27 heavy (non-hydrogen) atoms. The number of rotatable bonds is 4. The average molecular weight is 376 g/mol. The number of hydrogen-bond acceptors (Lipinski definition) is 6. The molecule has 1 aromatic carbocycles. The molecule has 2 aliphatic rings. The maximum atomic E-state index is 12.9. The molecule has 2 heterocycles. The van der Waals surface area contributed by atoms with Crippen LogP contribution in [0.15, 0.2) is 24.3 Å². The summed E-state index contributed by atoms with van der Waals surface area (Å²) in [6.45, 7) is 9.93. The van der Waals surface area contributed by atoms with Gasteiger partial charge in [-0.1, -0.05) is 12.1 Å². The Kier molecular flexibility index (Phi) is 5.96. The van der Waals surface area contributed by atoms with Crippen LogP contribution in [0.2, 0.25) is 0 Å². The molecule has 2 aliphatic heterocycles. The van der Waals surface area contributed by atoms with E-state index in [-0.39, 0.29) is 34.8 Å². The van der Waals surface area contributed by atoms with Crippen LogP contribution in [0.4, 0.5) is 11.4 Å². The first-order chi connectivity index (χ1) is 12.9. The lowest BCUT2D eigenvalue weighted by Gasteiger charge is -2.41. The fourth-order valence-corrected chi connectivity index (χ4v) is 4.01. The van der Waals surface area contributed by atoms with E-state index >= 15 is 0 Å². The lowest BCUT2D eigenvalue weighted by Crippen LogP contribution is -2.57. The number of nitro benzene ring substituents is 1. The molecule has 0 saturated carbocycles. The highest BCUT2D eigenvalue weighted by atomic mass is 16.6. The Morgan fingerprint density at radius 1 is 1.15 bits per heavy atom. The minimum absolute atomic E-state index is 0.0559. The van der Waals surface area contributed by atoms with Gasteiger partial charge >= 0.3 is 0 Å². The molecule has 3 unspecified atom stereocenters. The number of piperazine rings is 1. The fraction of sp³-hybridized carbons (Fsp3) is 0.632. The monoisotopic (exact) mass is 376 g/mol. The minimum Gasteiger partial charge on any atom is -0.372 e. The van der Waals surface area contributed by atoms with Crippen LogP contribution in [0.25, 0.3) is 0 Å². The lowest BCUT2D eigenvalue weighted by atomic mass is 10.1. The first-order valence-corrected chi connectivity index (χ1v) is 9.53. The summed E-state index contributed by atoms with van der Waals surface area (Å²) in [5, 5.41) is 11.3. The van der Waals surface area contributed by atoms with E-state index in [4.69, 9.17) is 4.74 Å². The molecule has 8 heteroatoms. The van der Waals surface area contributed by atoms with E-state index in [0.29, 0.717) is 45.0 Å². The van der Waals surface area contributed by atoms with Gasteiger partial charge in [0.15, 0.2) is 0 Å². The van der Waals surface area contributed by atoms with E-state index in [1.807, 2.05) is 36.6 Å². The molecule has 0 radical (unpaired) electrons. The molecule has 1 amide bonds.